The van der Waals surface area contributed by atoms with Crippen molar-refractivity contribution in [3.63, 3.8) is 0 Å². The highest BCUT2D eigenvalue weighted by Gasteiger charge is 2.63. The molecule has 15 heavy (non-hydrogen) atoms. The van der Waals surface area contributed by atoms with Crippen molar-refractivity contribution in [2.24, 2.45) is 11.3 Å². The monoisotopic (exact) mass is 236 g/mol. The van der Waals surface area contributed by atoms with Crippen molar-refractivity contribution in [2.75, 3.05) is 0 Å². The average Bonchev–Trinajstić information content (AvgIpc) is 1.98. The summed E-state index contributed by atoms with van der Waals surface area (Å²) in [7, 11) is 0. The Morgan fingerprint density at radius 3 is 1.13 bits per heavy atom. The molecule has 0 nitrogen and oxygen atoms in total. The highest BCUT2D eigenvalue weighted by molar-refractivity contribution is 4.89. The largest absolute Gasteiger partial charge is 0.401 e. The number of alkyl halides is 6. The molecule has 0 aliphatic heterocycles. The standard InChI is InChI=1S/C9H14F6/c1-4-7(3,5-2)6(8(10,11)12)9(13,14)15/h6H,4-5H2,1-3H3. The van der Waals surface area contributed by atoms with Crippen molar-refractivity contribution in [3.8, 4) is 0 Å². The summed E-state index contributed by atoms with van der Waals surface area (Å²) < 4.78 is 74.2. The molecule has 0 atom stereocenters. The van der Waals surface area contributed by atoms with Crippen LogP contribution in [0.5, 0.6) is 0 Å². The average molecular weight is 236 g/mol. The fourth-order valence-electron chi connectivity index (χ4n) is 1.63. The molecule has 0 aliphatic carbocycles. The summed E-state index contributed by atoms with van der Waals surface area (Å²) in [5.41, 5.74) is -1.78. The molecule has 0 aromatic rings. The molecule has 0 heterocycles. The SMILES string of the molecule is CCC(C)(CC)C(C(F)(F)F)C(F)(F)F. The smallest absolute Gasteiger partial charge is 0.170 e. The minimum absolute atomic E-state index is 0.160. The third-order valence-electron chi connectivity index (χ3n) is 2.97. The van der Waals surface area contributed by atoms with Gasteiger partial charge < -0.3 is 0 Å². The van der Waals surface area contributed by atoms with E-state index in [2.05, 4.69) is 0 Å². The van der Waals surface area contributed by atoms with Crippen LogP contribution in [0, 0.1) is 11.3 Å². The molecular formula is C9H14F6. The van der Waals surface area contributed by atoms with E-state index in [1.165, 1.54) is 13.8 Å². The first kappa shape index (κ1) is 14.6. The van der Waals surface area contributed by atoms with Gasteiger partial charge in [0.15, 0.2) is 5.92 Å². The van der Waals surface area contributed by atoms with Gasteiger partial charge in [-0.3, -0.25) is 0 Å². The van der Waals surface area contributed by atoms with Crippen LogP contribution >= 0.6 is 0 Å². The van der Waals surface area contributed by atoms with Crippen molar-refractivity contribution in [1.82, 2.24) is 0 Å². The number of hydrogen-bond acceptors (Lipinski definition) is 0. The summed E-state index contributed by atoms with van der Waals surface area (Å²) in [6, 6.07) is 0. The summed E-state index contributed by atoms with van der Waals surface area (Å²) in [5.74, 6) is -3.24. The lowest BCUT2D eigenvalue weighted by Crippen LogP contribution is -2.47. The molecule has 92 valence electrons. The van der Waals surface area contributed by atoms with E-state index < -0.39 is 23.7 Å². The van der Waals surface area contributed by atoms with Crippen LogP contribution in [0.4, 0.5) is 26.3 Å². The van der Waals surface area contributed by atoms with Gasteiger partial charge >= 0.3 is 12.4 Å². The molecule has 6 heteroatoms. The Labute approximate surface area is 84.7 Å². The van der Waals surface area contributed by atoms with Crippen molar-refractivity contribution >= 4 is 0 Å². The van der Waals surface area contributed by atoms with Crippen LogP contribution in [0.15, 0.2) is 0 Å². The van der Waals surface area contributed by atoms with E-state index in [0.29, 0.717) is 0 Å². The first-order valence-electron chi connectivity index (χ1n) is 4.62. The van der Waals surface area contributed by atoms with E-state index in [0.717, 1.165) is 6.92 Å². The molecule has 0 aliphatic rings. The van der Waals surface area contributed by atoms with Crippen LogP contribution in [-0.4, -0.2) is 12.4 Å². The van der Waals surface area contributed by atoms with Crippen LogP contribution in [0.3, 0.4) is 0 Å². The van der Waals surface area contributed by atoms with E-state index in [1.807, 2.05) is 0 Å². The molecule has 0 saturated heterocycles. The maximum atomic E-state index is 12.4. The predicted octanol–water partition coefficient (Wildman–Crippen LogP) is 4.55. The molecule has 0 spiro atoms. The third kappa shape index (κ3) is 3.28. The van der Waals surface area contributed by atoms with Gasteiger partial charge in [-0.15, -0.1) is 0 Å². The van der Waals surface area contributed by atoms with Gasteiger partial charge in [0, 0.05) is 0 Å². The van der Waals surface area contributed by atoms with Gasteiger partial charge in [-0.25, -0.2) is 0 Å². The van der Waals surface area contributed by atoms with E-state index in [-0.39, 0.29) is 12.8 Å². The minimum atomic E-state index is -5.24. The lowest BCUT2D eigenvalue weighted by atomic mass is 9.72. The highest BCUT2D eigenvalue weighted by Crippen LogP contribution is 2.52. The first-order valence-corrected chi connectivity index (χ1v) is 4.62. The second kappa shape index (κ2) is 4.22. The highest BCUT2D eigenvalue weighted by atomic mass is 19.4. The zero-order valence-electron chi connectivity index (χ0n) is 8.76. The van der Waals surface area contributed by atoms with Crippen LogP contribution in [0.1, 0.15) is 33.6 Å². The van der Waals surface area contributed by atoms with Crippen molar-refractivity contribution < 1.29 is 26.3 Å². The summed E-state index contributed by atoms with van der Waals surface area (Å²) >= 11 is 0. The molecule has 0 N–H and O–H groups in total. The maximum Gasteiger partial charge on any atom is 0.401 e. The normalized spacial score (nSPS) is 14.8. The van der Waals surface area contributed by atoms with E-state index in [9.17, 15) is 26.3 Å². The molecule has 0 saturated carbocycles. The Bertz CT molecular complexity index is 184. The number of halogens is 6. The topological polar surface area (TPSA) is 0 Å². The molecule has 0 rings (SSSR count). The van der Waals surface area contributed by atoms with Crippen LogP contribution in [0.2, 0.25) is 0 Å². The Morgan fingerprint density at radius 2 is 1.07 bits per heavy atom. The minimum Gasteiger partial charge on any atom is -0.170 e. The lowest BCUT2D eigenvalue weighted by Gasteiger charge is -2.38. The molecule has 0 unspecified atom stereocenters. The van der Waals surface area contributed by atoms with Crippen LogP contribution < -0.4 is 0 Å². The van der Waals surface area contributed by atoms with Gasteiger partial charge in [-0.1, -0.05) is 20.8 Å². The van der Waals surface area contributed by atoms with Gasteiger partial charge in [0.2, 0.25) is 0 Å². The zero-order valence-corrected chi connectivity index (χ0v) is 8.76. The Hall–Kier alpha value is -0.420. The van der Waals surface area contributed by atoms with Gasteiger partial charge in [0.1, 0.15) is 0 Å². The first-order chi connectivity index (χ1) is 6.49. The third-order valence-corrected chi connectivity index (χ3v) is 2.97. The predicted molar refractivity (Wildman–Crippen MR) is 44.3 cm³/mol. The lowest BCUT2D eigenvalue weighted by molar-refractivity contribution is -0.315. The van der Waals surface area contributed by atoms with Crippen LogP contribution in [-0.2, 0) is 0 Å². The molecule has 0 radical (unpaired) electrons. The van der Waals surface area contributed by atoms with Gasteiger partial charge in [-0.05, 0) is 18.3 Å². The summed E-state index contributed by atoms with van der Waals surface area (Å²) in [6.07, 6.45) is -10.8. The molecular weight excluding hydrogens is 222 g/mol. The van der Waals surface area contributed by atoms with Crippen LogP contribution in [0.25, 0.3) is 0 Å². The Kier molecular flexibility index (Phi) is 4.10. The van der Waals surface area contributed by atoms with E-state index >= 15 is 0 Å². The fraction of sp³-hybridized carbons (Fsp3) is 1.00. The molecule has 0 amide bonds. The molecule has 0 bridgehead atoms. The number of hydrogen-bond donors (Lipinski definition) is 0. The summed E-state index contributed by atoms with van der Waals surface area (Å²) in [5, 5.41) is 0. The summed E-state index contributed by atoms with van der Waals surface area (Å²) in [4.78, 5) is 0. The zero-order chi connectivity index (χ0) is 12.5. The molecule has 0 aromatic carbocycles. The second-order valence-electron chi connectivity index (χ2n) is 3.88. The van der Waals surface area contributed by atoms with E-state index in [1.54, 1.807) is 0 Å². The van der Waals surface area contributed by atoms with Crippen molar-refractivity contribution in [2.45, 2.75) is 46.0 Å². The Balaban J connectivity index is 5.30. The molecule has 0 aromatic heterocycles. The van der Waals surface area contributed by atoms with Crippen molar-refractivity contribution in [1.29, 1.82) is 0 Å². The van der Waals surface area contributed by atoms with Crippen molar-refractivity contribution in [3.05, 3.63) is 0 Å². The second-order valence-corrected chi connectivity index (χ2v) is 3.88. The number of rotatable bonds is 3. The van der Waals surface area contributed by atoms with E-state index in [4.69, 9.17) is 0 Å². The van der Waals surface area contributed by atoms with Gasteiger partial charge in [0.05, 0.1) is 0 Å². The Morgan fingerprint density at radius 1 is 0.800 bits per heavy atom. The fourth-order valence-corrected chi connectivity index (χ4v) is 1.63. The summed E-state index contributed by atoms with van der Waals surface area (Å²) in [6.45, 7) is 3.71. The molecule has 0 fully saturated rings. The van der Waals surface area contributed by atoms with Gasteiger partial charge in [-0.2, -0.15) is 26.3 Å². The van der Waals surface area contributed by atoms with Gasteiger partial charge in [0.25, 0.3) is 0 Å². The quantitative estimate of drug-likeness (QED) is 0.630. The maximum absolute atomic E-state index is 12.4.